The van der Waals surface area contributed by atoms with Gasteiger partial charge in [-0.25, -0.2) is 0 Å². The minimum atomic E-state index is -0.634. The van der Waals surface area contributed by atoms with Gasteiger partial charge >= 0.3 is 0 Å². The number of aryl methyl sites for hydroxylation is 1. The maximum Gasteiger partial charge on any atom is 0.0896 e. The summed E-state index contributed by atoms with van der Waals surface area (Å²) in [5.41, 5.74) is 2.96. The molecule has 0 amide bonds. The van der Waals surface area contributed by atoms with Gasteiger partial charge < -0.3 is 5.11 Å². The molecule has 1 atom stereocenters. The molecule has 0 aliphatic rings. The van der Waals surface area contributed by atoms with Crippen molar-refractivity contribution in [2.24, 2.45) is 0 Å². The molecule has 0 aliphatic heterocycles. The van der Waals surface area contributed by atoms with Crippen molar-refractivity contribution in [1.82, 2.24) is 0 Å². The van der Waals surface area contributed by atoms with E-state index in [4.69, 9.17) is 0 Å². The van der Waals surface area contributed by atoms with Gasteiger partial charge in [0, 0.05) is 0 Å². The Morgan fingerprint density at radius 2 is 1.87 bits per heavy atom. The van der Waals surface area contributed by atoms with Crippen molar-refractivity contribution in [1.29, 1.82) is 0 Å². The predicted octanol–water partition coefficient (Wildman–Crippen LogP) is 3.70. The molecule has 1 aromatic carbocycles. The van der Waals surface area contributed by atoms with Crippen molar-refractivity contribution in [3.05, 3.63) is 34.9 Å². The van der Waals surface area contributed by atoms with Crippen molar-refractivity contribution in [2.45, 2.75) is 52.6 Å². The lowest BCUT2D eigenvalue weighted by molar-refractivity contribution is 0.0219. The highest BCUT2D eigenvalue weighted by Crippen LogP contribution is 2.33. The molecule has 0 saturated carbocycles. The van der Waals surface area contributed by atoms with Crippen LogP contribution in [-0.4, -0.2) is 5.11 Å². The third-order valence-corrected chi connectivity index (χ3v) is 3.35. The molecule has 15 heavy (non-hydrogen) atoms. The molecule has 84 valence electrons. The highest BCUT2D eigenvalue weighted by molar-refractivity contribution is 5.37. The summed E-state index contributed by atoms with van der Waals surface area (Å²) in [5, 5.41) is 10.6. The van der Waals surface area contributed by atoms with Gasteiger partial charge in [-0.1, -0.05) is 38.5 Å². The first kappa shape index (κ1) is 12.3. The monoisotopic (exact) mass is 206 g/mol. The third-order valence-electron chi connectivity index (χ3n) is 3.35. The van der Waals surface area contributed by atoms with Crippen LogP contribution in [0.5, 0.6) is 0 Å². The Hall–Kier alpha value is -0.820. The number of rotatable bonds is 4. The fourth-order valence-electron chi connectivity index (χ4n) is 2.17. The molecule has 1 rings (SSSR count). The number of benzene rings is 1. The van der Waals surface area contributed by atoms with Gasteiger partial charge in [0.2, 0.25) is 0 Å². The lowest BCUT2D eigenvalue weighted by Crippen LogP contribution is -2.25. The highest BCUT2D eigenvalue weighted by Gasteiger charge is 2.27. The molecule has 1 heteroatoms. The molecule has 0 fully saturated rings. The van der Waals surface area contributed by atoms with E-state index in [0.29, 0.717) is 0 Å². The van der Waals surface area contributed by atoms with Crippen LogP contribution in [0.15, 0.2) is 18.2 Å². The molecule has 0 heterocycles. The van der Waals surface area contributed by atoms with E-state index >= 15 is 0 Å². The lowest BCUT2D eigenvalue weighted by Gasteiger charge is -2.29. The van der Waals surface area contributed by atoms with Crippen LogP contribution in [0.2, 0.25) is 0 Å². The Bertz CT molecular complexity index is 330. The summed E-state index contributed by atoms with van der Waals surface area (Å²) in [6.07, 6.45) is 2.64. The summed E-state index contributed by atoms with van der Waals surface area (Å²) in [5.74, 6) is 0. The second-order valence-electron chi connectivity index (χ2n) is 4.38. The molecule has 1 unspecified atom stereocenters. The van der Waals surface area contributed by atoms with E-state index in [-0.39, 0.29) is 0 Å². The maximum atomic E-state index is 10.6. The Morgan fingerprint density at radius 3 is 2.40 bits per heavy atom. The topological polar surface area (TPSA) is 20.2 Å². The molecule has 0 spiro atoms. The van der Waals surface area contributed by atoms with Gasteiger partial charge in [-0.3, -0.25) is 0 Å². The Kier molecular flexibility index (Phi) is 3.92. The average molecular weight is 206 g/mol. The van der Waals surface area contributed by atoms with Crippen molar-refractivity contribution in [3.63, 3.8) is 0 Å². The number of hydrogen-bond acceptors (Lipinski definition) is 1. The second kappa shape index (κ2) is 4.80. The van der Waals surface area contributed by atoms with Crippen LogP contribution in [0.3, 0.4) is 0 Å². The largest absolute Gasteiger partial charge is 0.385 e. The van der Waals surface area contributed by atoms with Crippen LogP contribution in [0.25, 0.3) is 0 Å². The van der Waals surface area contributed by atoms with Crippen LogP contribution < -0.4 is 0 Å². The highest BCUT2D eigenvalue weighted by atomic mass is 16.3. The van der Waals surface area contributed by atoms with Crippen molar-refractivity contribution in [2.75, 3.05) is 0 Å². The molecule has 0 aromatic heterocycles. The average Bonchev–Trinajstić information content (AvgIpc) is 2.22. The molecule has 1 N–H and O–H groups in total. The van der Waals surface area contributed by atoms with Gasteiger partial charge in [-0.2, -0.15) is 0 Å². The molecular formula is C14H22O. The van der Waals surface area contributed by atoms with Crippen LogP contribution in [0, 0.1) is 13.8 Å². The summed E-state index contributed by atoms with van der Waals surface area (Å²) < 4.78 is 0. The fraction of sp³-hybridized carbons (Fsp3) is 0.571. The Morgan fingerprint density at radius 1 is 1.20 bits per heavy atom. The third kappa shape index (κ3) is 2.40. The first-order chi connectivity index (χ1) is 7.05. The smallest absolute Gasteiger partial charge is 0.0896 e. The molecule has 0 saturated heterocycles. The molecule has 1 nitrogen and oxygen atoms in total. The van der Waals surface area contributed by atoms with Crippen molar-refractivity contribution >= 4 is 0 Å². The van der Waals surface area contributed by atoms with Crippen molar-refractivity contribution in [3.8, 4) is 0 Å². The standard InChI is InChI=1S/C14H22O/c1-5-10-14(15,6-2)13-9-7-8-11(3)12(13)4/h7-9,15H,5-6,10H2,1-4H3. The van der Waals surface area contributed by atoms with Crippen LogP contribution in [-0.2, 0) is 5.60 Å². The molecule has 0 aliphatic carbocycles. The lowest BCUT2D eigenvalue weighted by atomic mass is 9.83. The van der Waals surface area contributed by atoms with E-state index in [2.05, 4.69) is 39.8 Å². The van der Waals surface area contributed by atoms with Crippen LogP contribution >= 0.6 is 0 Å². The number of aliphatic hydroxyl groups is 1. The summed E-state index contributed by atoms with van der Waals surface area (Å²) >= 11 is 0. The summed E-state index contributed by atoms with van der Waals surface area (Å²) in [6, 6.07) is 6.19. The summed E-state index contributed by atoms with van der Waals surface area (Å²) in [4.78, 5) is 0. The first-order valence-electron chi connectivity index (χ1n) is 5.84. The fourth-order valence-corrected chi connectivity index (χ4v) is 2.17. The molecular weight excluding hydrogens is 184 g/mol. The predicted molar refractivity (Wildman–Crippen MR) is 65.0 cm³/mol. The SMILES string of the molecule is CCCC(O)(CC)c1cccc(C)c1C. The second-order valence-corrected chi connectivity index (χ2v) is 4.38. The maximum absolute atomic E-state index is 10.6. The minimum Gasteiger partial charge on any atom is -0.385 e. The summed E-state index contributed by atoms with van der Waals surface area (Å²) in [7, 11) is 0. The molecule has 0 bridgehead atoms. The zero-order valence-electron chi connectivity index (χ0n) is 10.3. The quantitative estimate of drug-likeness (QED) is 0.796. The molecule has 1 aromatic rings. The van der Waals surface area contributed by atoms with E-state index in [1.807, 2.05) is 6.07 Å². The van der Waals surface area contributed by atoms with E-state index in [1.54, 1.807) is 0 Å². The summed E-state index contributed by atoms with van der Waals surface area (Å²) in [6.45, 7) is 8.37. The van der Waals surface area contributed by atoms with Gasteiger partial charge in [-0.05, 0) is 43.4 Å². The van der Waals surface area contributed by atoms with Gasteiger partial charge in [-0.15, -0.1) is 0 Å². The van der Waals surface area contributed by atoms with Gasteiger partial charge in [0.1, 0.15) is 0 Å². The molecule has 0 radical (unpaired) electrons. The van der Waals surface area contributed by atoms with Crippen molar-refractivity contribution < 1.29 is 5.11 Å². The van der Waals surface area contributed by atoms with Gasteiger partial charge in [0.05, 0.1) is 5.60 Å². The van der Waals surface area contributed by atoms with Crippen LogP contribution in [0.4, 0.5) is 0 Å². The van der Waals surface area contributed by atoms with E-state index in [0.717, 1.165) is 24.8 Å². The van der Waals surface area contributed by atoms with E-state index < -0.39 is 5.60 Å². The van der Waals surface area contributed by atoms with E-state index in [9.17, 15) is 5.11 Å². The van der Waals surface area contributed by atoms with Gasteiger partial charge in [0.25, 0.3) is 0 Å². The van der Waals surface area contributed by atoms with Crippen LogP contribution in [0.1, 0.15) is 49.8 Å². The zero-order valence-corrected chi connectivity index (χ0v) is 10.3. The van der Waals surface area contributed by atoms with E-state index in [1.165, 1.54) is 11.1 Å². The zero-order chi connectivity index (χ0) is 11.5. The number of hydrogen-bond donors (Lipinski definition) is 1. The van der Waals surface area contributed by atoms with Gasteiger partial charge in [0.15, 0.2) is 0 Å². The Labute approximate surface area is 93.1 Å². The minimum absolute atomic E-state index is 0.634. The normalized spacial score (nSPS) is 15.0. The Balaban J connectivity index is 3.17. The first-order valence-corrected chi connectivity index (χ1v) is 5.84.